The zero-order valence-electron chi connectivity index (χ0n) is 8.29. The zero-order valence-corrected chi connectivity index (χ0v) is 10.7. The third-order valence-corrected chi connectivity index (χ3v) is 3.87. The van der Waals surface area contributed by atoms with Gasteiger partial charge in [0, 0.05) is 22.3 Å². The first-order chi connectivity index (χ1) is 6.74. The molecule has 0 aliphatic rings. The largest absolute Gasteiger partial charge is 0.391 e. The quantitative estimate of drug-likeness (QED) is 0.783. The molecule has 0 saturated heterocycles. The second-order valence-electron chi connectivity index (χ2n) is 3.25. The number of hydrogen-bond acceptors (Lipinski definition) is 3. The van der Waals surface area contributed by atoms with Gasteiger partial charge < -0.3 is 10.4 Å². The molecule has 14 heavy (non-hydrogen) atoms. The number of hydrogen-bond donors (Lipinski definition) is 2. The topological polar surface area (TPSA) is 32.3 Å². The fraction of sp³-hybridized carbons (Fsp3) is 0.600. The van der Waals surface area contributed by atoms with Gasteiger partial charge in [0.2, 0.25) is 0 Å². The van der Waals surface area contributed by atoms with Gasteiger partial charge in [-0.2, -0.15) is 0 Å². The molecule has 1 unspecified atom stereocenters. The summed E-state index contributed by atoms with van der Waals surface area (Å²) in [7, 11) is 0. The lowest BCUT2D eigenvalue weighted by Crippen LogP contribution is -2.28. The van der Waals surface area contributed by atoms with Crippen LogP contribution >= 0.6 is 27.3 Å². The number of thiophene rings is 1. The number of nitrogens with one attached hydrogen (secondary N) is 1. The van der Waals surface area contributed by atoms with E-state index in [9.17, 15) is 5.11 Å². The van der Waals surface area contributed by atoms with E-state index < -0.39 is 0 Å². The van der Waals surface area contributed by atoms with Crippen LogP contribution in [0.4, 0.5) is 0 Å². The Morgan fingerprint density at radius 2 is 2.43 bits per heavy atom. The highest BCUT2D eigenvalue weighted by molar-refractivity contribution is 9.10. The van der Waals surface area contributed by atoms with Crippen LogP contribution in [-0.4, -0.2) is 24.3 Å². The highest BCUT2D eigenvalue weighted by Crippen LogP contribution is 2.23. The third-order valence-electron chi connectivity index (χ3n) is 1.92. The van der Waals surface area contributed by atoms with E-state index in [0.717, 1.165) is 23.9 Å². The maximum Gasteiger partial charge on any atom is 0.0713 e. The van der Waals surface area contributed by atoms with Gasteiger partial charge in [-0.1, -0.05) is 6.92 Å². The number of halogens is 1. The van der Waals surface area contributed by atoms with E-state index in [2.05, 4.69) is 28.2 Å². The van der Waals surface area contributed by atoms with Crippen molar-refractivity contribution in [1.82, 2.24) is 5.32 Å². The summed E-state index contributed by atoms with van der Waals surface area (Å²) >= 11 is 5.14. The molecule has 0 amide bonds. The van der Waals surface area contributed by atoms with E-state index in [1.165, 1.54) is 4.88 Å². The molecule has 1 aromatic heterocycles. The summed E-state index contributed by atoms with van der Waals surface area (Å²) in [6.07, 6.45) is 1.56. The average Bonchev–Trinajstić information content (AvgIpc) is 2.52. The first-order valence-electron chi connectivity index (χ1n) is 4.84. The van der Waals surface area contributed by atoms with E-state index in [0.29, 0.717) is 6.54 Å². The van der Waals surface area contributed by atoms with Crippen LogP contribution in [0.5, 0.6) is 0 Å². The fourth-order valence-corrected chi connectivity index (χ4v) is 2.79. The van der Waals surface area contributed by atoms with Gasteiger partial charge in [0.25, 0.3) is 0 Å². The van der Waals surface area contributed by atoms with Crippen LogP contribution in [0.2, 0.25) is 0 Å². The van der Waals surface area contributed by atoms with Crippen molar-refractivity contribution in [3.8, 4) is 0 Å². The lowest BCUT2D eigenvalue weighted by molar-refractivity contribution is 0.173. The lowest BCUT2D eigenvalue weighted by Gasteiger charge is -2.10. The Kier molecular flexibility index (Phi) is 5.70. The molecule has 0 aliphatic carbocycles. The Labute approximate surface area is 97.5 Å². The molecule has 1 aromatic rings. The van der Waals surface area contributed by atoms with Gasteiger partial charge in [-0.05, 0) is 40.3 Å². The van der Waals surface area contributed by atoms with E-state index in [4.69, 9.17) is 0 Å². The Morgan fingerprint density at radius 3 is 3.00 bits per heavy atom. The predicted octanol–water partition coefficient (Wildman–Crippen LogP) is 2.41. The standard InChI is InChI=1S/C10H16BrNOS/c1-2-4-12-7-8(13)6-10-9(11)3-5-14-10/h3,5,8,12-13H,2,4,6-7H2,1H3. The van der Waals surface area contributed by atoms with Crippen LogP contribution < -0.4 is 5.32 Å². The van der Waals surface area contributed by atoms with Crippen molar-refractivity contribution in [2.24, 2.45) is 0 Å². The van der Waals surface area contributed by atoms with Crippen LogP contribution in [-0.2, 0) is 6.42 Å². The van der Waals surface area contributed by atoms with Gasteiger partial charge in [-0.25, -0.2) is 0 Å². The van der Waals surface area contributed by atoms with E-state index in [1.54, 1.807) is 11.3 Å². The maximum atomic E-state index is 9.70. The smallest absolute Gasteiger partial charge is 0.0713 e. The summed E-state index contributed by atoms with van der Waals surface area (Å²) in [5.41, 5.74) is 0. The normalized spacial score (nSPS) is 13.1. The third kappa shape index (κ3) is 4.09. The minimum Gasteiger partial charge on any atom is -0.391 e. The second-order valence-corrected chi connectivity index (χ2v) is 5.11. The van der Waals surface area contributed by atoms with Crippen LogP contribution in [0.1, 0.15) is 18.2 Å². The van der Waals surface area contributed by atoms with E-state index in [1.807, 2.05) is 11.4 Å². The first-order valence-corrected chi connectivity index (χ1v) is 6.52. The van der Waals surface area contributed by atoms with Gasteiger partial charge in [0.1, 0.15) is 0 Å². The molecule has 0 aliphatic heterocycles. The van der Waals surface area contributed by atoms with Gasteiger partial charge in [0.15, 0.2) is 0 Å². The monoisotopic (exact) mass is 277 g/mol. The molecule has 1 atom stereocenters. The SMILES string of the molecule is CCCNCC(O)Cc1sccc1Br. The molecule has 0 aromatic carbocycles. The summed E-state index contributed by atoms with van der Waals surface area (Å²) in [4.78, 5) is 1.22. The number of aliphatic hydroxyl groups is 1. The highest BCUT2D eigenvalue weighted by Gasteiger charge is 2.08. The molecule has 4 heteroatoms. The van der Waals surface area contributed by atoms with Gasteiger partial charge in [-0.15, -0.1) is 11.3 Å². The van der Waals surface area contributed by atoms with Crippen molar-refractivity contribution in [3.05, 3.63) is 20.8 Å². The van der Waals surface area contributed by atoms with Crippen LogP contribution in [0.3, 0.4) is 0 Å². The molecular formula is C10H16BrNOS. The minimum absolute atomic E-state index is 0.281. The molecule has 1 heterocycles. The van der Waals surface area contributed by atoms with Gasteiger partial charge >= 0.3 is 0 Å². The summed E-state index contributed by atoms with van der Waals surface area (Å²) in [5.74, 6) is 0. The Morgan fingerprint density at radius 1 is 1.64 bits per heavy atom. The zero-order chi connectivity index (χ0) is 10.4. The van der Waals surface area contributed by atoms with Crippen molar-refractivity contribution in [2.45, 2.75) is 25.9 Å². The van der Waals surface area contributed by atoms with E-state index >= 15 is 0 Å². The molecule has 0 bridgehead atoms. The summed E-state index contributed by atoms with van der Waals surface area (Å²) < 4.78 is 1.11. The van der Waals surface area contributed by atoms with Crippen molar-refractivity contribution in [1.29, 1.82) is 0 Å². The molecule has 0 spiro atoms. The first kappa shape index (κ1) is 12.2. The highest BCUT2D eigenvalue weighted by atomic mass is 79.9. The Bertz CT molecular complexity index is 264. The predicted molar refractivity (Wildman–Crippen MR) is 64.9 cm³/mol. The lowest BCUT2D eigenvalue weighted by atomic mass is 10.2. The molecule has 1 rings (SSSR count). The van der Waals surface area contributed by atoms with Crippen LogP contribution in [0, 0.1) is 0 Å². The van der Waals surface area contributed by atoms with Crippen molar-refractivity contribution >= 4 is 27.3 Å². The van der Waals surface area contributed by atoms with Crippen molar-refractivity contribution < 1.29 is 5.11 Å². The van der Waals surface area contributed by atoms with Crippen molar-refractivity contribution in [2.75, 3.05) is 13.1 Å². The van der Waals surface area contributed by atoms with Gasteiger partial charge in [0.05, 0.1) is 6.10 Å². The summed E-state index contributed by atoms with van der Waals surface area (Å²) in [6.45, 7) is 3.77. The van der Waals surface area contributed by atoms with Crippen molar-refractivity contribution in [3.63, 3.8) is 0 Å². The molecular weight excluding hydrogens is 262 g/mol. The molecule has 2 nitrogen and oxygen atoms in total. The molecule has 0 saturated carbocycles. The molecule has 2 N–H and O–H groups in total. The summed E-state index contributed by atoms with van der Waals surface area (Å²) in [6, 6.07) is 2.02. The Balaban J connectivity index is 2.27. The molecule has 0 radical (unpaired) electrons. The molecule has 0 fully saturated rings. The van der Waals surface area contributed by atoms with Gasteiger partial charge in [-0.3, -0.25) is 0 Å². The maximum absolute atomic E-state index is 9.70. The fourth-order valence-electron chi connectivity index (χ4n) is 1.20. The Hall–Kier alpha value is 0.100. The minimum atomic E-state index is -0.281. The van der Waals surface area contributed by atoms with Crippen LogP contribution in [0.15, 0.2) is 15.9 Å². The second kappa shape index (κ2) is 6.56. The molecule has 80 valence electrons. The summed E-state index contributed by atoms with van der Waals surface area (Å²) in [5, 5.41) is 14.9. The average molecular weight is 278 g/mol. The van der Waals surface area contributed by atoms with Crippen LogP contribution in [0.25, 0.3) is 0 Å². The number of aliphatic hydroxyl groups excluding tert-OH is 1. The number of rotatable bonds is 6. The van der Waals surface area contributed by atoms with E-state index in [-0.39, 0.29) is 6.10 Å².